The minimum Gasteiger partial charge on any atom is -0.497 e. The first kappa shape index (κ1) is 23.2. The van der Waals surface area contributed by atoms with Crippen molar-refractivity contribution in [3.63, 3.8) is 0 Å². The number of carbonyl (C=O) groups is 1. The molecule has 3 aliphatic rings. The number of fused-ring (bicyclic) bond motifs is 1. The maximum absolute atomic E-state index is 13.1. The van der Waals surface area contributed by atoms with E-state index in [0.717, 1.165) is 24.0 Å². The highest BCUT2D eigenvalue weighted by Crippen LogP contribution is 2.60. The van der Waals surface area contributed by atoms with Crippen LogP contribution < -0.4 is 9.04 Å². The van der Waals surface area contributed by atoms with Gasteiger partial charge in [0, 0.05) is 37.6 Å². The van der Waals surface area contributed by atoms with Crippen LogP contribution in [0.5, 0.6) is 5.75 Å². The van der Waals surface area contributed by atoms with E-state index in [1.54, 1.807) is 18.3 Å². The molecule has 0 radical (unpaired) electrons. The number of sulfonamides is 1. The molecule has 2 heterocycles. The number of ether oxygens (including phenoxy) is 2. The van der Waals surface area contributed by atoms with E-state index in [-0.39, 0.29) is 23.9 Å². The fraction of sp³-hybridized carbons (Fsp3) is 0.500. The van der Waals surface area contributed by atoms with Crippen LogP contribution >= 0.6 is 0 Å². The molecule has 7 nitrogen and oxygen atoms in total. The molecule has 1 spiro atoms. The number of nitrogens with zero attached hydrogens (tertiary/aromatic N) is 2. The van der Waals surface area contributed by atoms with Crippen molar-refractivity contribution in [1.82, 2.24) is 4.90 Å². The van der Waals surface area contributed by atoms with Crippen molar-refractivity contribution in [3.8, 4) is 5.75 Å². The molecule has 8 heteroatoms. The molecule has 2 aliphatic heterocycles. The van der Waals surface area contributed by atoms with Gasteiger partial charge in [-0.25, -0.2) is 8.42 Å². The van der Waals surface area contributed by atoms with Crippen molar-refractivity contribution in [1.29, 1.82) is 0 Å². The molecular weight excluding hydrogens is 452 g/mol. The third kappa shape index (κ3) is 3.67. The Morgan fingerprint density at radius 2 is 1.85 bits per heavy atom. The van der Waals surface area contributed by atoms with E-state index >= 15 is 0 Å². The van der Waals surface area contributed by atoms with Gasteiger partial charge in [0.25, 0.3) is 0 Å². The molecule has 0 bridgehead atoms. The molecule has 182 valence electrons. The third-order valence-corrected chi connectivity index (χ3v) is 9.06. The van der Waals surface area contributed by atoms with Crippen molar-refractivity contribution in [2.24, 2.45) is 5.92 Å². The largest absolute Gasteiger partial charge is 0.497 e. The number of rotatable bonds is 6. The van der Waals surface area contributed by atoms with Crippen LogP contribution in [0.3, 0.4) is 0 Å². The highest BCUT2D eigenvalue weighted by molar-refractivity contribution is 7.92. The Labute approximate surface area is 201 Å². The fourth-order valence-corrected chi connectivity index (χ4v) is 7.84. The summed E-state index contributed by atoms with van der Waals surface area (Å²) in [5, 5.41) is 0. The summed E-state index contributed by atoms with van der Waals surface area (Å²) in [6, 6.07) is 15.5. The summed E-state index contributed by atoms with van der Waals surface area (Å²) in [6.07, 6.45) is 3.53. The molecule has 1 unspecified atom stereocenters. The van der Waals surface area contributed by atoms with Gasteiger partial charge in [0.15, 0.2) is 0 Å². The second-order valence-corrected chi connectivity index (χ2v) is 11.7. The Morgan fingerprint density at radius 3 is 2.53 bits per heavy atom. The molecular formula is C26H32N2O5S. The number of benzene rings is 2. The normalized spacial score (nSPS) is 27.8. The van der Waals surface area contributed by atoms with Crippen molar-refractivity contribution < 1.29 is 22.7 Å². The van der Waals surface area contributed by atoms with Crippen LogP contribution in [0.4, 0.5) is 5.69 Å². The van der Waals surface area contributed by atoms with E-state index in [2.05, 4.69) is 0 Å². The van der Waals surface area contributed by atoms with Gasteiger partial charge in [0.2, 0.25) is 15.9 Å². The van der Waals surface area contributed by atoms with Crippen molar-refractivity contribution in [2.75, 3.05) is 30.8 Å². The maximum Gasteiger partial charge on any atom is 0.232 e. The average molecular weight is 485 g/mol. The molecule has 2 aromatic carbocycles. The van der Waals surface area contributed by atoms with Crippen LogP contribution in [0.1, 0.15) is 37.3 Å². The van der Waals surface area contributed by atoms with E-state index in [1.807, 2.05) is 53.4 Å². The standard InChI is InChI=1S/C26H32N2O5S/c1-18(29)27-12-11-26-22-10-9-21(32-2)15-23(22)28(34(3,30)31)25(26)14-20(13-24(26)27)17-33-16-19-7-5-4-6-8-19/h4-10,15,20,24-25H,11-14,16-17H2,1-3H3/t20?,24-,25-,26+/m0/s1. The van der Waals surface area contributed by atoms with E-state index in [9.17, 15) is 13.2 Å². The highest BCUT2D eigenvalue weighted by Gasteiger charge is 2.64. The lowest BCUT2D eigenvalue weighted by atomic mass is 9.62. The predicted octanol–water partition coefficient (Wildman–Crippen LogP) is 3.33. The van der Waals surface area contributed by atoms with Gasteiger partial charge in [0.05, 0.1) is 31.7 Å². The number of methoxy groups -OCH3 is 1. The van der Waals surface area contributed by atoms with Crippen LogP contribution in [0.25, 0.3) is 0 Å². The Bertz CT molecular complexity index is 1180. The number of hydrogen-bond acceptors (Lipinski definition) is 5. The van der Waals surface area contributed by atoms with Crippen LogP contribution in [-0.4, -0.2) is 57.8 Å². The smallest absolute Gasteiger partial charge is 0.232 e. The summed E-state index contributed by atoms with van der Waals surface area (Å²) in [7, 11) is -1.96. The van der Waals surface area contributed by atoms with Gasteiger partial charge >= 0.3 is 0 Å². The fourth-order valence-electron chi connectivity index (χ4n) is 6.59. The van der Waals surface area contributed by atoms with Crippen LogP contribution in [0, 0.1) is 5.92 Å². The minimum atomic E-state index is -3.55. The Balaban J connectivity index is 1.51. The minimum absolute atomic E-state index is 0.0411. The van der Waals surface area contributed by atoms with E-state index in [0.29, 0.717) is 37.6 Å². The topological polar surface area (TPSA) is 76.2 Å². The molecule has 0 N–H and O–H groups in total. The lowest BCUT2D eigenvalue weighted by Crippen LogP contribution is -2.58. The lowest BCUT2D eigenvalue weighted by Gasteiger charge is -2.48. The molecule has 1 saturated heterocycles. The first-order valence-electron chi connectivity index (χ1n) is 11.8. The van der Waals surface area contributed by atoms with Gasteiger partial charge in [-0.15, -0.1) is 0 Å². The summed E-state index contributed by atoms with van der Waals surface area (Å²) in [4.78, 5) is 14.6. The molecule has 2 fully saturated rings. The van der Waals surface area contributed by atoms with Gasteiger partial charge in [-0.05, 0) is 42.4 Å². The quantitative estimate of drug-likeness (QED) is 0.629. The number of hydrogen-bond donors (Lipinski definition) is 0. The van der Waals surface area contributed by atoms with Gasteiger partial charge in [0.1, 0.15) is 5.75 Å². The number of anilines is 1. The lowest BCUT2D eigenvalue weighted by molar-refractivity contribution is -0.131. The second-order valence-electron chi connectivity index (χ2n) is 9.81. The molecule has 5 rings (SSSR count). The first-order chi connectivity index (χ1) is 16.3. The Hall–Kier alpha value is -2.58. The zero-order chi connectivity index (χ0) is 24.1. The molecule has 1 saturated carbocycles. The van der Waals surface area contributed by atoms with Gasteiger partial charge in [-0.1, -0.05) is 36.4 Å². The average Bonchev–Trinajstić information content (AvgIpc) is 3.33. The summed E-state index contributed by atoms with van der Waals surface area (Å²) in [5.74, 6) is 0.815. The summed E-state index contributed by atoms with van der Waals surface area (Å²) >= 11 is 0. The summed E-state index contributed by atoms with van der Waals surface area (Å²) < 4.78 is 39.4. The summed E-state index contributed by atoms with van der Waals surface area (Å²) in [5.41, 5.74) is 2.40. The van der Waals surface area contributed by atoms with Crippen molar-refractivity contribution in [3.05, 3.63) is 59.7 Å². The molecule has 34 heavy (non-hydrogen) atoms. The molecule has 0 aromatic heterocycles. The van der Waals surface area contributed by atoms with E-state index < -0.39 is 15.4 Å². The maximum atomic E-state index is 13.1. The predicted molar refractivity (Wildman–Crippen MR) is 130 cm³/mol. The molecule has 4 atom stereocenters. The molecule has 1 aliphatic carbocycles. The first-order valence-corrected chi connectivity index (χ1v) is 13.7. The Morgan fingerprint density at radius 1 is 1.12 bits per heavy atom. The van der Waals surface area contributed by atoms with E-state index in [4.69, 9.17) is 9.47 Å². The number of likely N-dealkylation sites (tertiary alicyclic amines) is 1. The number of carbonyl (C=O) groups excluding carboxylic acids is 1. The zero-order valence-corrected chi connectivity index (χ0v) is 20.8. The number of amides is 1. The van der Waals surface area contributed by atoms with Crippen LogP contribution in [-0.2, 0) is 31.6 Å². The Kier molecular flexibility index (Phi) is 5.84. The SMILES string of the molecule is COc1ccc2c(c1)N(S(C)(=O)=O)[C@H]1CC(COCc3ccccc3)C[C@@H]3N(C(C)=O)CC[C@@]231. The van der Waals surface area contributed by atoms with Gasteiger partial charge in [-0.2, -0.15) is 0 Å². The zero-order valence-electron chi connectivity index (χ0n) is 19.9. The second kappa shape index (κ2) is 8.57. The highest BCUT2D eigenvalue weighted by atomic mass is 32.2. The van der Waals surface area contributed by atoms with Crippen LogP contribution in [0.15, 0.2) is 48.5 Å². The van der Waals surface area contributed by atoms with Crippen LogP contribution in [0.2, 0.25) is 0 Å². The van der Waals surface area contributed by atoms with Crippen molar-refractivity contribution >= 4 is 21.6 Å². The monoisotopic (exact) mass is 484 g/mol. The molecule has 1 amide bonds. The van der Waals surface area contributed by atoms with Gasteiger partial charge < -0.3 is 14.4 Å². The molecule has 2 aromatic rings. The third-order valence-electron chi connectivity index (χ3n) is 7.90. The summed E-state index contributed by atoms with van der Waals surface area (Å²) in [6.45, 7) is 3.29. The van der Waals surface area contributed by atoms with Gasteiger partial charge in [-0.3, -0.25) is 9.10 Å². The van der Waals surface area contributed by atoms with Crippen molar-refractivity contribution in [2.45, 2.75) is 50.3 Å². The van der Waals surface area contributed by atoms with E-state index in [1.165, 1.54) is 6.26 Å².